The Labute approximate surface area is 39.9 Å². The minimum atomic E-state index is -0.109. The summed E-state index contributed by atoms with van der Waals surface area (Å²) in [6.07, 6.45) is 0. The van der Waals surface area contributed by atoms with Gasteiger partial charge in [0.1, 0.15) is 0 Å². The number of rotatable bonds is 0. The lowest BCUT2D eigenvalue weighted by Crippen LogP contribution is -1.60. The molecule has 0 heterocycles. The van der Waals surface area contributed by atoms with Crippen molar-refractivity contribution in [3.05, 3.63) is 0 Å². The maximum absolute atomic E-state index is 9.61. The minimum absolute atomic E-state index is 0.0967. The fraction of sp³-hybridized carbons (Fsp3) is 0.500. The number of hydrogen-bond donors (Lipinski definition) is 0. The van der Waals surface area contributed by atoms with E-state index in [0.717, 1.165) is 0 Å². The summed E-state index contributed by atoms with van der Waals surface area (Å²) < 4.78 is 6.19. The van der Waals surface area contributed by atoms with Crippen LogP contribution in [0.3, 0.4) is 0 Å². The van der Waals surface area contributed by atoms with Gasteiger partial charge in [-0.15, -0.1) is 0 Å². The van der Waals surface area contributed by atoms with Gasteiger partial charge in [0.25, 0.3) is 0 Å². The first-order valence-corrected chi connectivity index (χ1v) is 1.83. The van der Waals surface area contributed by atoms with Gasteiger partial charge in [-0.3, -0.25) is 4.79 Å². The molecule has 0 spiro atoms. The van der Waals surface area contributed by atoms with Crippen LogP contribution in [-0.2, 0) is 4.79 Å². The molecule has 0 saturated heterocycles. The molecule has 0 atom stereocenters. The monoisotopic (exact) mass is 171 g/mol. The molecule has 24 valence electrons. The molecule has 0 aromatic heterocycles. The molecule has 0 aliphatic carbocycles. The van der Waals surface area contributed by atoms with Crippen molar-refractivity contribution < 1.29 is 6.17 Å². The van der Waals surface area contributed by atoms with E-state index in [1.807, 2.05) is 0 Å². The average Bonchev–Trinajstić information content (AvgIpc) is 1.38. The summed E-state index contributed by atoms with van der Waals surface area (Å²) in [4.78, 5) is 9.61. The van der Waals surface area contributed by atoms with Crippen molar-refractivity contribution in [3.63, 3.8) is 0 Å². The third-order valence-corrected chi connectivity index (χ3v) is 0. The molecule has 4 heavy (non-hydrogen) atoms. The summed E-state index contributed by atoms with van der Waals surface area (Å²) in [5.74, 6) is 0. The zero-order valence-electron chi connectivity index (χ0n) is 2.99. The molecule has 0 aliphatic rings. The summed E-state index contributed by atoms with van der Waals surface area (Å²) in [5.41, 5.74) is 0. The fourth-order valence-corrected chi connectivity index (χ4v) is 0. The summed E-state index contributed by atoms with van der Waals surface area (Å²) >= 11 is 1.58. The van der Waals surface area contributed by atoms with Crippen molar-refractivity contribution in [1.82, 2.24) is 0 Å². The highest BCUT2D eigenvalue weighted by Crippen LogP contribution is 1.76. The second-order valence-corrected chi connectivity index (χ2v) is 1.56. The number of carbonyl (C=O) groups excluding carboxylic acids is 1. The van der Waals surface area contributed by atoms with E-state index in [9.17, 15) is 4.79 Å². The van der Waals surface area contributed by atoms with Crippen LogP contribution >= 0.6 is 22.6 Å². The first kappa shape index (κ1) is 2.63. The van der Waals surface area contributed by atoms with Gasteiger partial charge in [-0.2, -0.15) is 0 Å². The molecule has 0 aromatic rings. The first-order valence-electron chi connectivity index (χ1n) is 1.45. The van der Waals surface area contributed by atoms with Crippen molar-refractivity contribution >= 4 is 26.4 Å². The van der Waals surface area contributed by atoms with Gasteiger partial charge < -0.3 is 0 Å². The van der Waals surface area contributed by atoms with Crippen LogP contribution in [0.15, 0.2) is 0 Å². The summed E-state index contributed by atoms with van der Waals surface area (Å²) in [5, 5.41) is 0. The Bertz CT molecular complexity index is 44.9. The standard InChI is InChI=1S/C2H3IO/c1-2(3)4/h1H3/i1D. The van der Waals surface area contributed by atoms with E-state index in [0.29, 0.717) is 0 Å². The van der Waals surface area contributed by atoms with Crippen molar-refractivity contribution in [2.45, 2.75) is 6.90 Å². The van der Waals surface area contributed by atoms with Crippen LogP contribution in [0.5, 0.6) is 0 Å². The largest absolute Gasteiger partial charge is 0.288 e. The Kier molecular flexibility index (Phi) is 1.11. The molecule has 0 N–H and O–H groups in total. The zero-order valence-corrected chi connectivity index (χ0v) is 4.15. The van der Waals surface area contributed by atoms with E-state index in [-0.39, 0.29) is 10.7 Å². The smallest absolute Gasteiger partial charge is 0.189 e. The van der Waals surface area contributed by atoms with Crippen molar-refractivity contribution in [2.24, 2.45) is 0 Å². The van der Waals surface area contributed by atoms with E-state index in [1.165, 1.54) is 0 Å². The number of carbonyl (C=O) groups is 1. The third-order valence-electron chi connectivity index (χ3n) is 0. The van der Waals surface area contributed by atoms with Crippen LogP contribution in [0.2, 0.25) is 0 Å². The summed E-state index contributed by atoms with van der Waals surface area (Å²) in [6.45, 7) is -0.0967. The van der Waals surface area contributed by atoms with Gasteiger partial charge in [-0.1, -0.05) is 0 Å². The number of hydrogen-bond acceptors (Lipinski definition) is 1. The normalized spacial score (nSPS) is 9.75. The third kappa shape index (κ3) is 29.4. The highest BCUT2D eigenvalue weighted by Gasteiger charge is 1.66. The maximum atomic E-state index is 9.61. The highest BCUT2D eigenvalue weighted by atomic mass is 127. The van der Waals surface area contributed by atoms with Gasteiger partial charge in [0, 0.05) is 8.27 Å². The Morgan fingerprint density at radius 1 is 2.50 bits per heavy atom. The molecule has 0 rings (SSSR count). The average molecular weight is 171 g/mol. The molecule has 0 radical (unpaired) electrons. The second kappa shape index (κ2) is 1.69. The molecule has 0 saturated carbocycles. The molecule has 0 aromatic carbocycles. The van der Waals surface area contributed by atoms with E-state index in [2.05, 4.69) is 0 Å². The summed E-state index contributed by atoms with van der Waals surface area (Å²) in [7, 11) is 0. The van der Waals surface area contributed by atoms with E-state index in [1.54, 1.807) is 22.6 Å². The van der Waals surface area contributed by atoms with Gasteiger partial charge in [0.05, 0.1) is 0 Å². The van der Waals surface area contributed by atoms with Crippen LogP contribution in [0.25, 0.3) is 0 Å². The topological polar surface area (TPSA) is 17.1 Å². The SMILES string of the molecule is [2H]CC(=O)I. The van der Waals surface area contributed by atoms with E-state index in [4.69, 9.17) is 1.37 Å². The lowest BCUT2D eigenvalue weighted by atomic mass is 11.0. The van der Waals surface area contributed by atoms with Crippen LogP contribution in [-0.4, -0.2) is 3.79 Å². The molecular weight excluding hydrogens is 167 g/mol. The van der Waals surface area contributed by atoms with Crippen molar-refractivity contribution in [1.29, 1.82) is 0 Å². The van der Waals surface area contributed by atoms with Gasteiger partial charge >= 0.3 is 0 Å². The van der Waals surface area contributed by atoms with E-state index >= 15 is 0 Å². The van der Waals surface area contributed by atoms with Crippen LogP contribution in [0, 0.1) is 0 Å². The fourth-order valence-electron chi connectivity index (χ4n) is 0. The van der Waals surface area contributed by atoms with Gasteiger partial charge in [-0.25, -0.2) is 0 Å². The number of halogens is 1. The maximum Gasteiger partial charge on any atom is 0.189 e. The predicted octanol–water partition coefficient (Wildman–Crippen LogP) is 0.968. The highest BCUT2D eigenvalue weighted by molar-refractivity contribution is 14.1. The van der Waals surface area contributed by atoms with Gasteiger partial charge in [0.2, 0.25) is 0 Å². The lowest BCUT2D eigenvalue weighted by molar-refractivity contribution is -0.107. The summed E-state index contributed by atoms with van der Waals surface area (Å²) in [6, 6.07) is 0. The molecular formula is C2H3IO. The zero-order chi connectivity index (χ0) is 4.28. The van der Waals surface area contributed by atoms with Crippen LogP contribution in [0.4, 0.5) is 0 Å². The molecule has 0 unspecified atom stereocenters. The molecule has 1 nitrogen and oxygen atoms in total. The first-order chi connectivity index (χ1) is 2.27. The van der Waals surface area contributed by atoms with E-state index < -0.39 is 0 Å². The molecule has 0 amide bonds. The molecule has 0 bridgehead atoms. The Hall–Kier alpha value is 0.400. The van der Waals surface area contributed by atoms with Crippen molar-refractivity contribution in [3.8, 4) is 0 Å². The Morgan fingerprint density at radius 2 is 2.75 bits per heavy atom. The lowest BCUT2D eigenvalue weighted by Gasteiger charge is -1.52. The molecule has 0 aliphatic heterocycles. The Balaban J connectivity index is 2.85. The quantitative estimate of drug-likeness (QED) is 0.392. The second-order valence-electron chi connectivity index (χ2n) is 0.355. The van der Waals surface area contributed by atoms with Crippen LogP contribution in [0.1, 0.15) is 8.27 Å². The molecule has 2 heteroatoms. The molecule has 0 fully saturated rings. The van der Waals surface area contributed by atoms with Crippen molar-refractivity contribution in [2.75, 3.05) is 0 Å². The van der Waals surface area contributed by atoms with Gasteiger partial charge in [0.15, 0.2) is 3.79 Å². The van der Waals surface area contributed by atoms with Crippen LogP contribution < -0.4 is 0 Å². The van der Waals surface area contributed by atoms with Gasteiger partial charge in [-0.05, 0) is 22.6 Å². The Morgan fingerprint density at radius 3 is 2.75 bits per heavy atom. The minimum Gasteiger partial charge on any atom is -0.288 e. The predicted molar refractivity (Wildman–Crippen MR) is 24.7 cm³/mol.